The highest BCUT2D eigenvalue weighted by atomic mass is 14.9. The Morgan fingerprint density at radius 1 is 1.10 bits per heavy atom. The van der Waals surface area contributed by atoms with Crippen LogP contribution in [0.4, 0.5) is 0 Å². The molecule has 0 bridgehead atoms. The summed E-state index contributed by atoms with van der Waals surface area (Å²) < 4.78 is 0. The maximum absolute atomic E-state index is 4.40. The monoisotopic (exact) mass is 268 g/mol. The highest BCUT2D eigenvalue weighted by Gasteiger charge is 2.12. The summed E-state index contributed by atoms with van der Waals surface area (Å²) >= 11 is 0. The van der Waals surface area contributed by atoms with E-state index in [0.717, 1.165) is 12.1 Å². The normalized spacial score (nSPS) is 12.7. The Kier molecular flexibility index (Phi) is 4.91. The molecule has 0 saturated carbocycles. The molecule has 0 fully saturated rings. The van der Waals surface area contributed by atoms with Crippen LogP contribution >= 0.6 is 0 Å². The van der Waals surface area contributed by atoms with Gasteiger partial charge in [0.2, 0.25) is 0 Å². The first-order valence-electron chi connectivity index (χ1n) is 7.29. The van der Waals surface area contributed by atoms with Crippen molar-refractivity contribution >= 4 is 0 Å². The summed E-state index contributed by atoms with van der Waals surface area (Å²) in [7, 11) is 2.00. The van der Waals surface area contributed by atoms with Gasteiger partial charge in [0.25, 0.3) is 0 Å². The van der Waals surface area contributed by atoms with Gasteiger partial charge in [0.05, 0.1) is 6.04 Å². The van der Waals surface area contributed by atoms with Crippen molar-refractivity contribution in [3.05, 3.63) is 65.0 Å². The second kappa shape index (κ2) is 6.67. The number of pyridine rings is 1. The van der Waals surface area contributed by atoms with Crippen LogP contribution < -0.4 is 5.32 Å². The van der Waals surface area contributed by atoms with Crippen molar-refractivity contribution in [2.75, 3.05) is 7.05 Å². The van der Waals surface area contributed by atoms with E-state index >= 15 is 0 Å². The summed E-state index contributed by atoms with van der Waals surface area (Å²) in [5.41, 5.74) is 4.96. The SMILES string of the molecule is CNC(c1ccc(C)nc1)c1cccc(CC(C)C)c1. The molecule has 1 unspecified atom stereocenters. The molecule has 0 spiro atoms. The van der Waals surface area contributed by atoms with Gasteiger partial charge in [-0.1, -0.05) is 44.2 Å². The van der Waals surface area contributed by atoms with Crippen molar-refractivity contribution in [2.45, 2.75) is 33.2 Å². The number of hydrogen-bond donors (Lipinski definition) is 1. The molecule has 0 saturated heterocycles. The lowest BCUT2D eigenvalue weighted by Gasteiger charge is -2.18. The Balaban J connectivity index is 2.29. The number of aryl methyl sites for hydroxylation is 1. The van der Waals surface area contributed by atoms with Crippen LogP contribution in [0.2, 0.25) is 0 Å². The molecule has 1 N–H and O–H groups in total. The minimum atomic E-state index is 0.204. The van der Waals surface area contributed by atoms with Crippen LogP contribution in [-0.4, -0.2) is 12.0 Å². The molecule has 0 aliphatic carbocycles. The molecule has 1 atom stereocenters. The second-order valence-corrected chi connectivity index (χ2v) is 5.80. The van der Waals surface area contributed by atoms with E-state index < -0.39 is 0 Å². The molecule has 0 radical (unpaired) electrons. The zero-order valence-electron chi connectivity index (χ0n) is 12.9. The van der Waals surface area contributed by atoms with Gasteiger partial charge in [0.1, 0.15) is 0 Å². The maximum Gasteiger partial charge on any atom is 0.0589 e. The van der Waals surface area contributed by atoms with Crippen molar-refractivity contribution in [1.29, 1.82) is 0 Å². The van der Waals surface area contributed by atoms with Gasteiger partial charge < -0.3 is 5.32 Å². The molecule has 1 aromatic carbocycles. The topological polar surface area (TPSA) is 24.9 Å². The van der Waals surface area contributed by atoms with E-state index in [1.807, 2.05) is 20.2 Å². The first kappa shape index (κ1) is 14.7. The fourth-order valence-electron chi connectivity index (χ4n) is 2.55. The zero-order chi connectivity index (χ0) is 14.5. The molecule has 0 aliphatic rings. The predicted octanol–water partition coefficient (Wildman–Crippen LogP) is 3.90. The van der Waals surface area contributed by atoms with Gasteiger partial charge in [-0.25, -0.2) is 0 Å². The van der Waals surface area contributed by atoms with Gasteiger partial charge in [0, 0.05) is 11.9 Å². The largest absolute Gasteiger partial charge is 0.309 e. The van der Waals surface area contributed by atoms with Crippen molar-refractivity contribution in [1.82, 2.24) is 10.3 Å². The average molecular weight is 268 g/mol. The van der Waals surface area contributed by atoms with Crippen LogP contribution in [0.1, 0.15) is 42.3 Å². The highest BCUT2D eigenvalue weighted by molar-refractivity contribution is 5.33. The summed E-state index contributed by atoms with van der Waals surface area (Å²) in [5, 5.41) is 3.39. The smallest absolute Gasteiger partial charge is 0.0589 e. The third-order valence-electron chi connectivity index (χ3n) is 3.48. The summed E-state index contributed by atoms with van der Waals surface area (Å²) in [6.07, 6.45) is 3.09. The van der Waals surface area contributed by atoms with Gasteiger partial charge in [-0.15, -0.1) is 0 Å². The summed E-state index contributed by atoms with van der Waals surface area (Å²) in [5.74, 6) is 0.680. The fourth-order valence-corrected chi connectivity index (χ4v) is 2.55. The molecule has 0 amide bonds. The Hall–Kier alpha value is -1.67. The first-order valence-corrected chi connectivity index (χ1v) is 7.29. The zero-order valence-corrected chi connectivity index (χ0v) is 12.9. The van der Waals surface area contributed by atoms with Crippen LogP contribution in [0.3, 0.4) is 0 Å². The van der Waals surface area contributed by atoms with Crippen LogP contribution in [-0.2, 0) is 6.42 Å². The van der Waals surface area contributed by atoms with E-state index in [9.17, 15) is 0 Å². The molecule has 106 valence electrons. The van der Waals surface area contributed by atoms with Gasteiger partial charge in [-0.3, -0.25) is 4.98 Å². The molecule has 0 aliphatic heterocycles. The van der Waals surface area contributed by atoms with Crippen LogP contribution in [0.25, 0.3) is 0 Å². The molecule has 2 aromatic rings. The molecule has 2 rings (SSSR count). The predicted molar refractivity (Wildman–Crippen MR) is 84.9 cm³/mol. The van der Waals surface area contributed by atoms with Gasteiger partial charge in [-0.2, -0.15) is 0 Å². The minimum Gasteiger partial charge on any atom is -0.309 e. The van der Waals surface area contributed by atoms with E-state index in [2.05, 4.69) is 60.5 Å². The summed E-state index contributed by atoms with van der Waals surface area (Å²) in [6.45, 7) is 6.53. The standard InChI is InChI=1S/C18H24N2/c1-13(2)10-15-6-5-7-16(11-15)18(19-4)17-9-8-14(3)20-12-17/h5-9,11-13,18-19H,10H2,1-4H3. The van der Waals surface area contributed by atoms with E-state index in [1.54, 1.807) is 0 Å². The van der Waals surface area contributed by atoms with E-state index in [-0.39, 0.29) is 6.04 Å². The molecule has 20 heavy (non-hydrogen) atoms. The molecule has 2 nitrogen and oxygen atoms in total. The number of rotatable bonds is 5. The Labute approximate surface area is 122 Å². The van der Waals surface area contributed by atoms with Crippen molar-refractivity contribution in [3.8, 4) is 0 Å². The minimum absolute atomic E-state index is 0.204. The lowest BCUT2D eigenvalue weighted by molar-refractivity contribution is 0.643. The quantitative estimate of drug-likeness (QED) is 0.889. The van der Waals surface area contributed by atoms with Crippen LogP contribution in [0.5, 0.6) is 0 Å². The molecule has 2 heteroatoms. The van der Waals surface area contributed by atoms with E-state index in [0.29, 0.717) is 5.92 Å². The third-order valence-corrected chi connectivity index (χ3v) is 3.48. The first-order chi connectivity index (χ1) is 9.60. The Bertz CT molecular complexity index is 544. The number of hydrogen-bond acceptors (Lipinski definition) is 2. The third kappa shape index (κ3) is 3.67. The summed E-state index contributed by atoms with van der Waals surface area (Å²) in [4.78, 5) is 4.40. The number of nitrogens with zero attached hydrogens (tertiary/aromatic N) is 1. The van der Waals surface area contributed by atoms with Gasteiger partial charge in [-0.05, 0) is 49.1 Å². The van der Waals surface area contributed by atoms with Crippen LogP contribution in [0.15, 0.2) is 42.6 Å². The number of nitrogens with one attached hydrogen (secondary N) is 1. The molecular formula is C18H24N2. The summed E-state index contributed by atoms with van der Waals surface area (Å²) in [6, 6.07) is 13.3. The van der Waals surface area contributed by atoms with E-state index in [4.69, 9.17) is 0 Å². The Morgan fingerprint density at radius 3 is 2.50 bits per heavy atom. The van der Waals surface area contributed by atoms with Crippen LogP contribution in [0, 0.1) is 12.8 Å². The number of benzene rings is 1. The second-order valence-electron chi connectivity index (χ2n) is 5.80. The van der Waals surface area contributed by atoms with Crippen molar-refractivity contribution in [3.63, 3.8) is 0 Å². The lowest BCUT2D eigenvalue weighted by Crippen LogP contribution is -2.18. The van der Waals surface area contributed by atoms with Crippen molar-refractivity contribution < 1.29 is 0 Å². The lowest BCUT2D eigenvalue weighted by atomic mass is 9.95. The molecule has 1 heterocycles. The molecular weight excluding hydrogens is 244 g/mol. The number of aromatic nitrogens is 1. The Morgan fingerprint density at radius 2 is 1.90 bits per heavy atom. The fraction of sp³-hybridized carbons (Fsp3) is 0.389. The average Bonchev–Trinajstić information content (AvgIpc) is 2.41. The maximum atomic E-state index is 4.40. The van der Waals surface area contributed by atoms with Crippen molar-refractivity contribution in [2.24, 2.45) is 5.92 Å². The highest BCUT2D eigenvalue weighted by Crippen LogP contribution is 2.23. The molecule has 1 aromatic heterocycles. The van der Waals surface area contributed by atoms with Gasteiger partial charge in [0.15, 0.2) is 0 Å². The van der Waals surface area contributed by atoms with E-state index in [1.165, 1.54) is 16.7 Å². The van der Waals surface area contributed by atoms with Gasteiger partial charge >= 0.3 is 0 Å².